The maximum absolute atomic E-state index is 13.1. The Morgan fingerprint density at radius 3 is 2.55 bits per heavy atom. The Labute approximate surface area is 122 Å². The van der Waals surface area contributed by atoms with Crippen LogP contribution in [0.4, 0.5) is 10.1 Å². The van der Waals surface area contributed by atoms with Crippen molar-refractivity contribution in [1.82, 2.24) is 5.32 Å². The van der Waals surface area contributed by atoms with E-state index in [0.717, 1.165) is 12.1 Å². The van der Waals surface area contributed by atoms with E-state index in [-0.39, 0.29) is 10.9 Å². The maximum atomic E-state index is 13.1. The van der Waals surface area contributed by atoms with E-state index >= 15 is 0 Å². The van der Waals surface area contributed by atoms with Gasteiger partial charge < -0.3 is 15.5 Å². The van der Waals surface area contributed by atoms with Crippen molar-refractivity contribution in [3.8, 4) is 0 Å². The number of nitrogens with one attached hydrogen (secondary N) is 1. The van der Waals surface area contributed by atoms with E-state index in [1.54, 1.807) is 6.07 Å². The molecule has 0 radical (unpaired) electrons. The van der Waals surface area contributed by atoms with Gasteiger partial charge in [0.1, 0.15) is 5.82 Å². The third-order valence-electron chi connectivity index (χ3n) is 3.97. The van der Waals surface area contributed by atoms with Gasteiger partial charge in [0.2, 0.25) is 0 Å². The van der Waals surface area contributed by atoms with E-state index < -0.39 is 8.32 Å². The van der Waals surface area contributed by atoms with E-state index in [1.807, 2.05) is 0 Å². The predicted octanol–water partition coefficient (Wildman–Crippen LogP) is 3.52. The molecule has 1 rings (SSSR count). The largest absolute Gasteiger partial charge is 0.416 e. The molecular weight excluding hydrogens is 271 g/mol. The fraction of sp³-hybridized carbons (Fsp3) is 0.600. The summed E-state index contributed by atoms with van der Waals surface area (Å²) in [6.45, 7) is 13.1. The molecule has 20 heavy (non-hydrogen) atoms. The summed E-state index contributed by atoms with van der Waals surface area (Å²) >= 11 is 0. The van der Waals surface area contributed by atoms with Gasteiger partial charge in [-0.1, -0.05) is 20.8 Å². The summed E-state index contributed by atoms with van der Waals surface area (Å²) < 4.78 is 19.2. The van der Waals surface area contributed by atoms with Crippen molar-refractivity contribution in [2.75, 3.05) is 18.9 Å². The smallest absolute Gasteiger partial charge is 0.192 e. The molecule has 0 bridgehead atoms. The number of hydrogen-bond acceptors (Lipinski definition) is 3. The second-order valence-corrected chi connectivity index (χ2v) is 11.4. The Bertz CT molecular complexity index is 444. The zero-order valence-electron chi connectivity index (χ0n) is 13.2. The Balaban J connectivity index is 2.34. The second-order valence-electron chi connectivity index (χ2n) is 6.63. The molecule has 5 heteroatoms. The first-order valence-corrected chi connectivity index (χ1v) is 9.93. The molecule has 0 aliphatic carbocycles. The summed E-state index contributed by atoms with van der Waals surface area (Å²) in [6, 6.07) is 4.44. The topological polar surface area (TPSA) is 47.3 Å². The molecule has 0 spiro atoms. The van der Waals surface area contributed by atoms with Gasteiger partial charge in [-0.25, -0.2) is 4.39 Å². The van der Waals surface area contributed by atoms with Crippen LogP contribution < -0.4 is 11.1 Å². The van der Waals surface area contributed by atoms with E-state index in [2.05, 4.69) is 39.2 Å². The van der Waals surface area contributed by atoms with Crippen LogP contribution in [-0.4, -0.2) is 21.5 Å². The Hall–Kier alpha value is -0.913. The molecule has 3 nitrogen and oxygen atoms in total. The molecule has 114 valence electrons. The molecule has 0 saturated heterocycles. The van der Waals surface area contributed by atoms with Crippen LogP contribution in [0.15, 0.2) is 18.2 Å². The number of halogens is 1. The summed E-state index contributed by atoms with van der Waals surface area (Å²) in [5, 5.41) is 3.47. The third-order valence-corrected chi connectivity index (χ3v) is 8.51. The van der Waals surface area contributed by atoms with Gasteiger partial charge in [-0.15, -0.1) is 0 Å². The molecule has 0 aromatic heterocycles. The zero-order valence-corrected chi connectivity index (χ0v) is 14.2. The maximum Gasteiger partial charge on any atom is 0.192 e. The average molecular weight is 298 g/mol. The van der Waals surface area contributed by atoms with Crippen molar-refractivity contribution in [3.63, 3.8) is 0 Å². The highest BCUT2D eigenvalue weighted by atomic mass is 28.4. The summed E-state index contributed by atoms with van der Waals surface area (Å²) in [6.07, 6.45) is 0. The SMILES string of the molecule is CC(C)(C)[Si](C)(C)OCCNCc1cc(F)ccc1N. The third kappa shape index (κ3) is 4.88. The molecule has 0 atom stereocenters. The highest BCUT2D eigenvalue weighted by molar-refractivity contribution is 6.74. The number of rotatable bonds is 6. The molecule has 0 saturated carbocycles. The van der Waals surface area contributed by atoms with Crippen LogP contribution in [0.25, 0.3) is 0 Å². The molecule has 0 heterocycles. The Kier molecular flexibility index (Phi) is 5.74. The number of nitrogens with two attached hydrogens (primary N) is 1. The number of anilines is 1. The van der Waals surface area contributed by atoms with Crippen LogP contribution >= 0.6 is 0 Å². The quantitative estimate of drug-likeness (QED) is 0.480. The Morgan fingerprint density at radius 1 is 1.30 bits per heavy atom. The highest BCUT2D eigenvalue weighted by Crippen LogP contribution is 2.36. The van der Waals surface area contributed by atoms with E-state index in [1.165, 1.54) is 12.1 Å². The number of benzene rings is 1. The minimum Gasteiger partial charge on any atom is -0.416 e. The highest BCUT2D eigenvalue weighted by Gasteiger charge is 2.36. The first-order valence-electron chi connectivity index (χ1n) is 7.02. The standard InChI is InChI=1S/C15H27FN2OSi/c1-15(2,3)20(4,5)19-9-8-18-11-12-10-13(16)6-7-14(12)17/h6-7,10,18H,8-9,11,17H2,1-5H3. The van der Waals surface area contributed by atoms with Crippen molar-refractivity contribution >= 4 is 14.0 Å². The summed E-state index contributed by atoms with van der Waals surface area (Å²) in [4.78, 5) is 0. The van der Waals surface area contributed by atoms with Gasteiger partial charge in [-0.3, -0.25) is 0 Å². The lowest BCUT2D eigenvalue weighted by Crippen LogP contribution is -2.42. The molecule has 0 fully saturated rings. The predicted molar refractivity (Wildman–Crippen MR) is 85.7 cm³/mol. The summed E-state index contributed by atoms with van der Waals surface area (Å²) in [7, 11) is -1.68. The number of hydrogen-bond donors (Lipinski definition) is 2. The van der Waals surface area contributed by atoms with Crippen molar-refractivity contribution in [3.05, 3.63) is 29.6 Å². The lowest BCUT2D eigenvalue weighted by atomic mass is 10.2. The van der Waals surface area contributed by atoms with Crippen LogP contribution in [0.1, 0.15) is 26.3 Å². The summed E-state index contributed by atoms with van der Waals surface area (Å²) in [5.41, 5.74) is 7.20. The minimum atomic E-state index is -1.68. The zero-order chi connectivity index (χ0) is 15.4. The van der Waals surface area contributed by atoms with Gasteiger partial charge in [0.25, 0.3) is 0 Å². The van der Waals surface area contributed by atoms with Crippen molar-refractivity contribution in [2.24, 2.45) is 0 Å². The van der Waals surface area contributed by atoms with Gasteiger partial charge in [0.05, 0.1) is 0 Å². The van der Waals surface area contributed by atoms with Gasteiger partial charge in [0, 0.05) is 25.4 Å². The lowest BCUT2D eigenvalue weighted by Gasteiger charge is -2.36. The van der Waals surface area contributed by atoms with Crippen molar-refractivity contribution < 1.29 is 8.82 Å². The minimum absolute atomic E-state index is 0.222. The van der Waals surface area contributed by atoms with Crippen LogP contribution in [0.5, 0.6) is 0 Å². The van der Waals surface area contributed by atoms with E-state index in [4.69, 9.17) is 10.2 Å². The van der Waals surface area contributed by atoms with Crippen LogP contribution in [0, 0.1) is 5.82 Å². The number of nitrogen functional groups attached to an aromatic ring is 1. The van der Waals surface area contributed by atoms with E-state index in [9.17, 15) is 4.39 Å². The molecule has 1 aromatic carbocycles. The molecule has 1 aromatic rings. The van der Waals surface area contributed by atoms with Crippen molar-refractivity contribution in [1.29, 1.82) is 0 Å². The van der Waals surface area contributed by atoms with Crippen LogP contribution in [0.2, 0.25) is 18.1 Å². The van der Waals surface area contributed by atoms with Gasteiger partial charge in [-0.2, -0.15) is 0 Å². The first-order chi connectivity index (χ1) is 9.13. The van der Waals surface area contributed by atoms with Crippen LogP contribution in [-0.2, 0) is 11.0 Å². The molecule has 3 N–H and O–H groups in total. The van der Waals surface area contributed by atoms with Crippen molar-refractivity contribution in [2.45, 2.75) is 45.4 Å². The average Bonchev–Trinajstić information content (AvgIpc) is 2.31. The van der Waals surface area contributed by atoms with Gasteiger partial charge in [0.15, 0.2) is 8.32 Å². The fourth-order valence-electron chi connectivity index (χ4n) is 1.55. The molecule has 0 aliphatic heterocycles. The molecule has 0 aliphatic rings. The van der Waals surface area contributed by atoms with Crippen LogP contribution in [0.3, 0.4) is 0 Å². The molecular formula is C15H27FN2OSi. The first kappa shape index (κ1) is 17.1. The monoisotopic (exact) mass is 298 g/mol. The lowest BCUT2D eigenvalue weighted by molar-refractivity contribution is 0.285. The molecule has 0 unspecified atom stereocenters. The van der Waals surface area contributed by atoms with Gasteiger partial charge >= 0.3 is 0 Å². The molecule has 0 amide bonds. The second kappa shape index (κ2) is 6.69. The Morgan fingerprint density at radius 2 is 1.95 bits per heavy atom. The normalized spacial score (nSPS) is 12.7. The summed E-state index contributed by atoms with van der Waals surface area (Å²) in [5.74, 6) is -0.256. The van der Waals surface area contributed by atoms with Gasteiger partial charge in [-0.05, 0) is 41.9 Å². The van der Waals surface area contributed by atoms with E-state index in [0.29, 0.717) is 18.8 Å². The fourth-order valence-corrected chi connectivity index (χ4v) is 2.59.